The number of fused-ring (bicyclic) bond motifs is 1. The van der Waals surface area contributed by atoms with Gasteiger partial charge in [0.25, 0.3) is 0 Å². The molecule has 7 nitrogen and oxygen atoms in total. The Kier molecular flexibility index (Phi) is 5.95. The van der Waals surface area contributed by atoms with Crippen molar-refractivity contribution in [1.82, 2.24) is 19.3 Å². The van der Waals surface area contributed by atoms with Crippen LogP contribution in [0.2, 0.25) is 0 Å². The summed E-state index contributed by atoms with van der Waals surface area (Å²) in [5.41, 5.74) is 3.99. The minimum absolute atomic E-state index is 0.00309. The Labute approximate surface area is 185 Å². The first kappa shape index (κ1) is 21.0. The van der Waals surface area contributed by atoms with Crippen molar-refractivity contribution in [1.29, 1.82) is 0 Å². The van der Waals surface area contributed by atoms with E-state index in [-0.39, 0.29) is 12.1 Å². The van der Waals surface area contributed by atoms with Gasteiger partial charge in [0.15, 0.2) is 0 Å². The van der Waals surface area contributed by atoms with Crippen LogP contribution in [0.1, 0.15) is 29.8 Å². The number of aromatic amines is 1. The van der Waals surface area contributed by atoms with E-state index in [4.69, 9.17) is 0 Å². The predicted octanol–water partition coefficient (Wildman–Crippen LogP) is 3.52. The number of hydrogen-bond acceptors (Lipinski definition) is 5. The van der Waals surface area contributed by atoms with Crippen LogP contribution >= 0.6 is 15.9 Å². The van der Waals surface area contributed by atoms with E-state index in [1.807, 2.05) is 30.5 Å². The second-order valence-electron chi connectivity index (χ2n) is 7.64. The summed E-state index contributed by atoms with van der Waals surface area (Å²) in [5, 5.41) is 0. The molecule has 0 fully saturated rings. The fraction of sp³-hybridized carbons (Fsp3) is 0.333. The lowest BCUT2D eigenvalue weighted by atomic mass is 10.1. The van der Waals surface area contributed by atoms with E-state index < -0.39 is 10.0 Å². The Balaban J connectivity index is 1.80. The zero-order valence-corrected chi connectivity index (χ0v) is 19.3. The standard InChI is InChI=1S/C21H24BrN5O2S/c1-15(20-11-24-14-25-20)26-13-19(8-16-4-3-7-23-10-16)27(30(2,28)29)12-17-9-18(22)5-6-21(17)26/h3-7,9-11,14-15,19H,8,12-13H2,1-2H3,(H,24,25)/t15?,19-/m1/s1. The number of rotatable bonds is 5. The molecule has 0 saturated carbocycles. The van der Waals surface area contributed by atoms with Gasteiger partial charge in [-0.25, -0.2) is 13.4 Å². The normalized spacial score (nSPS) is 18.6. The van der Waals surface area contributed by atoms with Crippen LogP contribution in [-0.2, 0) is 23.0 Å². The summed E-state index contributed by atoms with van der Waals surface area (Å²) in [5.74, 6) is 0. The van der Waals surface area contributed by atoms with Crippen LogP contribution < -0.4 is 4.90 Å². The lowest BCUT2D eigenvalue weighted by Crippen LogP contribution is -2.46. The third-order valence-electron chi connectivity index (χ3n) is 5.55. The minimum Gasteiger partial charge on any atom is -0.361 e. The number of hydrogen-bond donors (Lipinski definition) is 1. The van der Waals surface area contributed by atoms with E-state index >= 15 is 0 Å². The van der Waals surface area contributed by atoms with Crippen molar-refractivity contribution in [3.05, 3.63) is 76.5 Å². The molecule has 0 radical (unpaired) electrons. The Morgan fingerprint density at radius 3 is 2.77 bits per heavy atom. The van der Waals surface area contributed by atoms with Crippen molar-refractivity contribution >= 4 is 31.6 Å². The van der Waals surface area contributed by atoms with E-state index in [0.29, 0.717) is 19.5 Å². The number of H-pyrrole nitrogens is 1. The first-order valence-corrected chi connectivity index (χ1v) is 12.4. The van der Waals surface area contributed by atoms with E-state index in [9.17, 15) is 8.42 Å². The number of aromatic nitrogens is 3. The van der Waals surface area contributed by atoms with Gasteiger partial charge in [-0.1, -0.05) is 22.0 Å². The predicted molar refractivity (Wildman–Crippen MR) is 121 cm³/mol. The molecule has 1 aliphatic heterocycles. The first-order valence-electron chi connectivity index (χ1n) is 9.72. The molecule has 3 aromatic rings. The lowest BCUT2D eigenvalue weighted by Gasteiger charge is -2.34. The van der Waals surface area contributed by atoms with Crippen molar-refractivity contribution in [2.24, 2.45) is 0 Å². The molecule has 1 unspecified atom stereocenters. The van der Waals surface area contributed by atoms with E-state index in [1.165, 1.54) is 6.26 Å². The number of nitrogens with one attached hydrogen (secondary N) is 1. The molecule has 4 rings (SSSR count). The third-order valence-corrected chi connectivity index (χ3v) is 7.32. The fourth-order valence-corrected chi connectivity index (χ4v) is 5.51. The Bertz CT molecular complexity index is 1110. The molecule has 1 N–H and O–H groups in total. The number of imidazole rings is 1. The van der Waals surface area contributed by atoms with Crippen LogP contribution in [0.25, 0.3) is 0 Å². The Morgan fingerprint density at radius 1 is 1.27 bits per heavy atom. The summed E-state index contributed by atoms with van der Waals surface area (Å²) in [7, 11) is -3.43. The van der Waals surface area contributed by atoms with Gasteiger partial charge in [0.05, 0.1) is 30.5 Å². The molecule has 0 amide bonds. The zero-order valence-electron chi connectivity index (χ0n) is 16.9. The maximum atomic E-state index is 12.8. The molecule has 30 heavy (non-hydrogen) atoms. The van der Waals surface area contributed by atoms with Gasteiger partial charge in [0.1, 0.15) is 0 Å². The fourth-order valence-electron chi connectivity index (χ4n) is 4.05. The van der Waals surface area contributed by atoms with E-state index in [2.05, 4.69) is 48.8 Å². The molecule has 0 saturated heterocycles. The molecule has 2 aromatic heterocycles. The van der Waals surface area contributed by atoms with Crippen LogP contribution in [-0.4, -0.2) is 46.5 Å². The van der Waals surface area contributed by atoms with Crippen molar-refractivity contribution in [3.63, 3.8) is 0 Å². The third kappa shape index (κ3) is 4.43. The maximum absolute atomic E-state index is 12.8. The topological polar surface area (TPSA) is 82.2 Å². The largest absolute Gasteiger partial charge is 0.361 e. The average molecular weight is 490 g/mol. The molecule has 3 heterocycles. The average Bonchev–Trinajstić information content (AvgIpc) is 3.19. The van der Waals surface area contributed by atoms with Crippen LogP contribution in [0.3, 0.4) is 0 Å². The highest BCUT2D eigenvalue weighted by Gasteiger charge is 2.35. The first-order chi connectivity index (χ1) is 14.3. The molecular weight excluding hydrogens is 466 g/mol. The molecular formula is C21H24BrN5O2S. The van der Waals surface area contributed by atoms with Gasteiger partial charge in [-0.2, -0.15) is 4.31 Å². The molecule has 0 spiro atoms. The van der Waals surface area contributed by atoms with E-state index in [0.717, 1.165) is 27.0 Å². The smallest absolute Gasteiger partial charge is 0.211 e. The van der Waals surface area contributed by atoms with Gasteiger partial charge in [-0.15, -0.1) is 0 Å². The molecule has 158 valence electrons. The van der Waals surface area contributed by atoms with Crippen molar-refractivity contribution < 1.29 is 8.42 Å². The van der Waals surface area contributed by atoms with Crippen LogP contribution in [0.4, 0.5) is 5.69 Å². The van der Waals surface area contributed by atoms with E-state index in [1.54, 1.807) is 23.0 Å². The summed E-state index contributed by atoms with van der Waals surface area (Å²) in [6.45, 7) is 2.98. The number of pyridine rings is 1. The molecule has 0 bridgehead atoms. The van der Waals surface area contributed by atoms with Crippen LogP contribution in [0.15, 0.2) is 59.7 Å². The maximum Gasteiger partial charge on any atom is 0.211 e. The highest BCUT2D eigenvalue weighted by Crippen LogP contribution is 2.36. The van der Waals surface area contributed by atoms with Crippen LogP contribution in [0.5, 0.6) is 0 Å². The Hall–Kier alpha value is -2.23. The minimum atomic E-state index is -3.43. The molecule has 1 aliphatic rings. The highest BCUT2D eigenvalue weighted by atomic mass is 79.9. The van der Waals surface area contributed by atoms with Crippen molar-refractivity contribution in [2.45, 2.75) is 32.0 Å². The number of benzene rings is 1. The SMILES string of the molecule is CC(c1cnc[nH]1)N1C[C@@H](Cc2cccnc2)N(S(C)(=O)=O)Cc2cc(Br)ccc21. The number of anilines is 1. The van der Waals surface area contributed by atoms with Gasteiger partial charge in [-0.05, 0) is 48.7 Å². The monoisotopic (exact) mass is 489 g/mol. The lowest BCUT2D eigenvalue weighted by molar-refractivity contribution is 0.317. The summed E-state index contributed by atoms with van der Waals surface area (Å²) in [4.78, 5) is 13.8. The highest BCUT2D eigenvalue weighted by molar-refractivity contribution is 9.10. The number of sulfonamides is 1. The summed E-state index contributed by atoms with van der Waals surface area (Å²) in [6, 6.07) is 9.70. The zero-order chi connectivity index (χ0) is 21.3. The quantitative estimate of drug-likeness (QED) is 0.592. The number of nitrogens with zero attached hydrogens (tertiary/aromatic N) is 4. The van der Waals surface area contributed by atoms with Gasteiger partial charge in [-0.3, -0.25) is 4.98 Å². The second-order valence-corrected chi connectivity index (χ2v) is 10.5. The molecule has 9 heteroatoms. The molecule has 2 atom stereocenters. The van der Waals surface area contributed by atoms with Crippen molar-refractivity contribution in [3.8, 4) is 0 Å². The number of halogens is 1. The van der Waals surface area contributed by atoms with Gasteiger partial charge in [0, 0.05) is 41.7 Å². The molecule has 1 aromatic carbocycles. The van der Waals surface area contributed by atoms with Gasteiger partial charge >= 0.3 is 0 Å². The van der Waals surface area contributed by atoms with Gasteiger partial charge < -0.3 is 9.88 Å². The van der Waals surface area contributed by atoms with Crippen LogP contribution in [0, 0.1) is 0 Å². The summed E-state index contributed by atoms with van der Waals surface area (Å²) < 4.78 is 28.1. The summed E-state index contributed by atoms with van der Waals surface area (Å²) in [6.07, 6.45) is 8.89. The second kappa shape index (κ2) is 8.49. The summed E-state index contributed by atoms with van der Waals surface area (Å²) >= 11 is 3.54. The van der Waals surface area contributed by atoms with Crippen molar-refractivity contribution in [2.75, 3.05) is 17.7 Å². The Morgan fingerprint density at radius 2 is 2.10 bits per heavy atom. The molecule has 0 aliphatic carbocycles. The van der Waals surface area contributed by atoms with Gasteiger partial charge in [0.2, 0.25) is 10.0 Å².